The third kappa shape index (κ3) is 5.72. The quantitative estimate of drug-likeness (QED) is 0.265. The molecule has 3 heterocycles. The van der Waals surface area contributed by atoms with Crippen LogP contribution in [0.2, 0.25) is 0 Å². The number of fused-ring (bicyclic) bond motifs is 1. The molecule has 10 heteroatoms. The van der Waals surface area contributed by atoms with E-state index in [-0.39, 0.29) is 4.90 Å². The second-order valence-electron chi connectivity index (χ2n) is 12.4. The lowest BCUT2D eigenvalue weighted by molar-refractivity contribution is -0.137. The lowest BCUT2D eigenvalue weighted by atomic mass is 9.79. The first-order chi connectivity index (χ1) is 20.5. The van der Waals surface area contributed by atoms with Crippen molar-refractivity contribution in [3.8, 4) is 0 Å². The molecule has 1 aliphatic carbocycles. The zero-order valence-electron chi connectivity index (χ0n) is 24.5. The fourth-order valence-electron chi connectivity index (χ4n) is 7.80. The summed E-state index contributed by atoms with van der Waals surface area (Å²) in [6.45, 7) is 5.20. The maximum atomic E-state index is 14.3. The summed E-state index contributed by atoms with van der Waals surface area (Å²) >= 11 is 3.45. The minimum atomic E-state index is -4.52. The van der Waals surface area contributed by atoms with Crippen LogP contribution in [0.4, 0.5) is 13.2 Å². The minimum Gasteiger partial charge on any atom is -0.300 e. The molecule has 0 spiro atoms. The van der Waals surface area contributed by atoms with Gasteiger partial charge in [0, 0.05) is 22.8 Å². The summed E-state index contributed by atoms with van der Waals surface area (Å²) in [6, 6.07) is 11.7. The maximum Gasteiger partial charge on any atom is 0.416 e. The third-order valence-electron chi connectivity index (χ3n) is 10.1. The number of piperidine rings is 1. The highest BCUT2D eigenvalue weighted by Gasteiger charge is 2.49. The van der Waals surface area contributed by atoms with Crippen molar-refractivity contribution in [3.63, 3.8) is 0 Å². The Kier molecular flexibility index (Phi) is 8.59. The highest BCUT2D eigenvalue weighted by Crippen LogP contribution is 2.49. The highest BCUT2D eigenvalue weighted by atomic mass is 79.9. The third-order valence-corrected chi connectivity index (χ3v) is 13.2. The van der Waals surface area contributed by atoms with Crippen LogP contribution in [0.1, 0.15) is 92.3 Å². The molecule has 1 aromatic heterocycles. The first-order valence-corrected chi connectivity index (χ1v) is 17.8. The van der Waals surface area contributed by atoms with Gasteiger partial charge in [0.1, 0.15) is 4.75 Å². The second-order valence-corrected chi connectivity index (χ2v) is 15.6. The van der Waals surface area contributed by atoms with Crippen LogP contribution in [0.5, 0.6) is 0 Å². The highest BCUT2D eigenvalue weighted by molar-refractivity contribution is 9.10. The number of aromatic nitrogens is 2. The molecule has 43 heavy (non-hydrogen) atoms. The molecule has 0 bridgehead atoms. The number of nitrogens with zero attached hydrogens (tertiary/aromatic N) is 3. The number of benzene rings is 2. The normalized spacial score (nSPS) is 24.2. The van der Waals surface area contributed by atoms with Gasteiger partial charge in [-0.3, -0.25) is 4.68 Å². The van der Waals surface area contributed by atoms with E-state index in [0.717, 1.165) is 86.9 Å². The Morgan fingerprint density at radius 2 is 1.58 bits per heavy atom. The summed E-state index contributed by atoms with van der Waals surface area (Å²) < 4.78 is 70.1. The molecule has 0 unspecified atom stereocenters. The van der Waals surface area contributed by atoms with Crippen LogP contribution in [0.25, 0.3) is 0 Å². The summed E-state index contributed by atoms with van der Waals surface area (Å²) in [6.07, 6.45) is 4.49. The Hall–Kier alpha value is -2.17. The number of alkyl halides is 3. The van der Waals surface area contributed by atoms with Crippen LogP contribution in [0.15, 0.2) is 57.9 Å². The molecule has 3 aromatic rings. The topological polar surface area (TPSA) is 55.2 Å². The number of sulfone groups is 1. The van der Waals surface area contributed by atoms with E-state index < -0.39 is 26.3 Å². The van der Waals surface area contributed by atoms with E-state index in [1.807, 2.05) is 24.3 Å². The van der Waals surface area contributed by atoms with E-state index in [4.69, 9.17) is 5.10 Å². The van der Waals surface area contributed by atoms with E-state index in [2.05, 4.69) is 32.4 Å². The fraction of sp³-hybridized carbons (Fsp3) is 0.545. The molecule has 5 nitrogen and oxygen atoms in total. The average Bonchev–Trinajstić information content (AvgIpc) is 3.40. The largest absolute Gasteiger partial charge is 0.416 e. The molecule has 0 amide bonds. The molecule has 2 fully saturated rings. The molecule has 232 valence electrons. The molecule has 6 rings (SSSR count). The number of rotatable bonds is 6. The van der Waals surface area contributed by atoms with Gasteiger partial charge in [-0.25, -0.2) is 8.42 Å². The van der Waals surface area contributed by atoms with Crippen molar-refractivity contribution in [1.82, 2.24) is 14.7 Å². The maximum absolute atomic E-state index is 14.3. The Balaban J connectivity index is 1.20. The molecule has 1 saturated heterocycles. The van der Waals surface area contributed by atoms with Gasteiger partial charge in [0.25, 0.3) is 0 Å². The van der Waals surface area contributed by atoms with Crippen LogP contribution in [0.3, 0.4) is 0 Å². The van der Waals surface area contributed by atoms with Crippen molar-refractivity contribution < 1.29 is 21.6 Å². The molecule has 3 aliphatic rings. The number of likely N-dealkylation sites (tertiary alicyclic amines) is 1. The Morgan fingerprint density at radius 3 is 2.19 bits per heavy atom. The second kappa shape index (κ2) is 12.0. The van der Waals surface area contributed by atoms with Gasteiger partial charge in [0.05, 0.1) is 16.2 Å². The van der Waals surface area contributed by atoms with Crippen LogP contribution in [0, 0.1) is 0 Å². The van der Waals surface area contributed by atoms with E-state index in [1.54, 1.807) is 0 Å². The lowest BCUT2D eigenvalue weighted by Crippen LogP contribution is -2.48. The zero-order chi connectivity index (χ0) is 30.4. The van der Waals surface area contributed by atoms with E-state index in [0.29, 0.717) is 30.4 Å². The molecule has 0 N–H and O–H groups in total. The predicted octanol–water partition coefficient (Wildman–Crippen LogP) is 8.05. The number of hydrogen-bond acceptors (Lipinski definition) is 4. The monoisotopic (exact) mass is 677 g/mol. The van der Waals surface area contributed by atoms with Crippen molar-refractivity contribution in [2.24, 2.45) is 0 Å². The van der Waals surface area contributed by atoms with Gasteiger partial charge >= 0.3 is 6.18 Å². The number of hydrogen-bond donors (Lipinski definition) is 0. The molecule has 0 atom stereocenters. The molecular weight excluding hydrogens is 639 g/mol. The van der Waals surface area contributed by atoms with Crippen molar-refractivity contribution in [3.05, 3.63) is 81.1 Å². The van der Waals surface area contributed by atoms with Crippen LogP contribution < -0.4 is 0 Å². The first-order valence-electron chi connectivity index (χ1n) is 15.5. The predicted molar refractivity (Wildman–Crippen MR) is 165 cm³/mol. The Bertz CT molecular complexity index is 1540. The molecule has 2 aromatic carbocycles. The van der Waals surface area contributed by atoms with Gasteiger partial charge in [0.2, 0.25) is 0 Å². The molecular formula is C33H39BrF3N3O2S. The summed E-state index contributed by atoms with van der Waals surface area (Å²) in [5.74, 6) is 0.526. The van der Waals surface area contributed by atoms with Gasteiger partial charge in [-0.05, 0) is 131 Å². The summed E-state index contributed by atoms with van der Waals surface area (Å²) in [4.78, 5) is 2.49. The Morgan fingerprint density at radius 1 is 0.930 bits per heavy atom. The van der Waals surface area contributed by atoms with E-state index in [9.17, 15) is 21.6 Å². The average molecular weight is 679 g/mol. The number of halogens is 4. The molecule has 2 aliphatic heterocycles. The zero-order valence-corrected chi connectivity index (χ0v) is 26.9. The number of aryl methyl sites for hydroxylation is 2. The van der Waals surface area contributed by atoms with Crippen molar-refractivity contribution in [1.29, 1.82) is 0 Å². The van der Waals surface area contributed by atoms with Crippen LogP contribution >= 0.6 is 15.9 Å². The van der Waals surface area contributed by atoms with Gasteiger partial charge < -0.3 is 4.90 Å². The molecule has 1 saturated carbocycles. The van der Waals surface area contributed by atoms with Gasteiger partial charge in [0.15, 0.2) is 9.84 Å². The van der Waals surface area contributed by atoms with Crippen molar-refractivity contribution >= 4 is 25.8 Å². The standard InChI is InChI=1S/C33H39BrF3N3O2S/c1-2-29-31(30-5-3-4-20-40(30)38-29)23-16-21-39(22-17-23)27-14-18-32(19-15-27,24-6-10-26(34)11-7-24)43(41,42)28-12-8-25(9-13-28)33(35,36)37/h6-13,23,27H,2-5,14-22H2,1H3. The summed E-state index contributed by atoms with van der Waals surface area (Å²) in [5, 5.41) is 4.96. The smallest absolute Gasteiger partial charge is 0.300 e. The van der Waals surface area contributed by atoms with E-state index >= 15 is 0 Å². The van der Waals surface area contributed by atoms with E-state index in [1.165, 1.54) is 29.8 Å². The summed E-state index contributed by atoms with van der Waals surface area (Å²) in [7, 11) is -3.97. The summed E-state index contributed by atoms with van der Waals surface area (Å²) in [5.41, 5.74) is 4.07. The van der Waals surface area contributed by atoms with Gasteiger partial charge in [-0.2, -0.15) is 18.3 Å². The minimum absolute atomic E-state index is 0.0566. The van der Waals surface area contributed by atoms with Gasteiger partial charge in [-0.1, -0.05) is 35.0 Å². The first kappa shape index (κ1) is 30.8. The SMILES string of the molecule is CCc1nn2c(c1C1CCN(C3CCC(c4ccc(Br)cc4)(S(=O)(=O)c4ccc(C(F)(F)F)cc4)CC3)CC1)CCCC2. The molecule has 0 radical (unpaired) electrons. The Labute approximate surface area is 260 Å². The lowest BCUT2D eigenvalue weighted by Gasteiger charge is -2.45. The fourth-order valence-corrected chi connectivity index (χ4v) is 10.2. The van der Waals surface area contributed by atoms with Crippen LogP contribution in [-0.4, -0.2) is 42.2 Å². The van der Waals surface area contributed by atoms with Crippen molar-refractivity contribution in [2.75, 3.05) is 13.1 Å². The van der Waals surface area contributed by atoms with Crippen LogP contribution in [-0.2, 0) is 40.1 Å². The van der Waals surface area contributed by atoms with Gasteiger partial charge in [-0.15, -0.1) is 0 Å². The van der Waals surface area contributed by atoms with Crippen molar-refractivity contribution in [2.45, 2.75) is 105 Å².